The molecule has 0 amide bonds. The van der Waals surface area contributed by atoms with E-state index in [9.17, 15) is 0 Å². The fourth-order valence-corrected chi connectivity index (χ4v) is 3.23. The van der Waals surface area contributed by atoms with E-state index in [1.807, 2.05) is 6.92 Å². The lowest BCUT2D eigenvalue weighted by Crippen LogP contribution is -2.45. The van der Waals surface area contributed by atoms with E-state index in [1.165, 1.54) is 6.21 Å². The van der Waals surface area contributed by atoms with Gasteiger partial charge in [-0.1, -0.05) is 34.8 Å². The van der Waals surface area contributed by atoms with Gasteiger partial charge >= 0.3 is 0 Å². The minimum absolute atomic E-state index is 0.0708. The van der Waals surface area contributed by atoms with Crippen molar-refractivity contribution >= 4 is 41.0 Å². The summed E-state index contributed by atoms with van der Waals surface area (Å²) in [7, 11) is 0. The van der Waals surface area contributed by atoms with Crippen LogP contribution >= 0.6 is 34.8 Å². The number of ether oxygens (including phenoxy) is 2. The minimum atomic E-state index is -0.982. The Kier molecular flexibility index (Phi) is 5.32. The predicted octanol–water partition coefficient (Wildman–Crippen LogP) is 4.75. The zero-order chi connectivity index (χ0) is 14.8. The Morgan fingerprint density at radius 1 is 1.35 bits per heavy atom. The van der Waals surface area contributed by atoms with Crippen LogP contribution in [0.15, 0.2) is 12.1 Å². The number of benzene rings is 1. The Bertz CT molecular complexity index is 486. The molecule has 110 valence electrons. The summed E-state index contributed by atoms with van der Waals surface area (Å²) in [6, 6.07) is 3.32. The molecular weight excluding hydrogens is 321 g/mol. The van der Waals surface area contributed by atoms with E-state index < -0.39 is 5.79 Å². The van der Waals surface area contributed by atoms with Gasteiger partial charge in [0, 0.05) is 21.5 Å². The number of nitrogens with one attached hydrogen (secondary N) is 1. The molecule has 2 atom stereocenters. The van der Waals surface area contributed by atoms with Gasteiger partial charge in [-0.25, -0.2) is 0 Å². The van der Waals surface area contributed by atoms with Crippen LogP contribution in [-0.2, 0) is 15.9 Å². The standard InChI is InChI=1S/C14H16Cl3NO2/c1-9-3-5-19-14(8-18,20-9)4-2-11-12(16)6-10(15)7-13(11)17/h6-9,18H,2-5H2,1H3. The quantitative estimate of drug-likeness (QED) is 0.806. The molecule has 1 fully saturated rings. The molecule has 1 aromatic carbocycles. The maximum Gasteiger partial charge on any atom is 0.205 e. The van der Waals surface area contributed by atoms with E-state index in [-0.39, 0.29) is 6.10 Å². The van der Waals surface area contributed by atoms with E-state index >= 15 is 0 Å². The molecule has 0 radical (unpaired) electrons. The van der Waals surface area contributed by atoms with Crippen molar-refractivity contribution in [1.29, 1.82) is 5.41 Å². The van der Waals surface area contributed by atoms with Crippen molar-refractivity contribution in [2.24, 2.45) is 0 Å². The van der Waals surface area contributed by atoms with Gasteiger partial charge < -0.3 is 14.9 Å². The molecule has 0 aromatic heterocycles. The number of hydrogen-bond donors (Lipinski definition) is 1. The third kappa shape index (κ3) is 3.66. The maximum atomic E-state index is 7.58. The highest BCUT2D eigenvalue weighted by Gasteiger charge is 2.35. The van der Waals surface area contributed by atoms with Crippen LogP contribution in [0.25, 0.3) is 0 Å². The van der Waals surface area contributed by atoms with Gasteiger partial charge in [0.15, 0.2) is 0 Å². The predicted molar refractivity (Wildman–Crippen MR) is 82.4 cm³/mol. The van der Waals surface area contributed by atoms with Gasteiger partial charge in [0.1, 0.15) is 0 Å². The summed E-state index contributed by atoms with van der Waals surface area (Å²) in [4.78, 5) is 0. The van der Waals surface area contributed by atoms with Crippen LogP contribution in [0.1, 0.15) is 25.3 Å². The van der Waals surface area contributed by atoms with Crippen LogP contribution in [-0.4, -0.2) is 24.7 Å². The summed E-state index contributed by atoms with van der Waals surface area (Å²) in [5.74, 6) is -0.982. The van der Waals surface area contributed by atoms with Crippen molar-refractivity contribution in [2.45, 2.75) is 38.1 Å². The van der Waals surface area contributed by atoms with Crippen molar-refractivity contribution in [3.63, 3.8) is 0 Å². The summed E-state index contributed by atoms with van der Waals surface area (Å²) in [5.41, 5.74) is 0.796. The second kappa shape index (κ2) is 6.63. The van der Waals surface area contributed by atoms with Gasteiger partial charge in [0.2, 0.25) is 5.79 Å². The summed E-state index contributed by atoms with van der Waals surface area (Å²) in [6.45, 7) is 2.56. The van der Waals surface area contributed by atoms with Crippen molar-refractivity contribution in [1.82, 2.24) is 0 Å². The molecule has 20 heavy (non-hydrogen) atoms. The average molecular weight is 337 g/mol. The molecule has 0 saturated carbocycles. The molecule has 6 heteroatoms. The van der Waals surface area contributed by atoms with E-state index in [4.69, 9.17) is 49.7 Å². The number of hydrogen-bond acceptors (Lipinski definition) is 3. The Morgan fingerprint density at radius 3 is 2.55 bits per heavy atom. The Balaban J connectivity index is 2.13. The molecule has 3 nitrogen and oxygen atoms in total. The lowest BCUT2D eigenvalue weighted by atomic mass is 10.0. The second-order valence-electron chi connectivity index (χ2n) is 4.87. The van der Waals surface area contributed by atoms with Crippen molar-refractivity contribution in [2.75, 3.05) is 6.61 Å². The van der Waals surface area contributed by atoms with Gasteiger partial charge in [0.25, 0.3) is 0 Å². The van der Waals surface area contributed by atoms with Gasteiger partial charge in [-0.05, 0) is 37.5 Å². The molecule has 1 aromatic rings. The molecular formula is C14H16Cl3NO2. The molecule has 1 aliphatic heterocycles. The molecule has 1 N–H and O–H groups in total. The number of rotatable bonds is 4. The fourth-order valence-electron chi connectivity index (χ4n) is 2.22. The molecule has 2 rings (SSSR count). The zero-order valence-corrected chi connectivity index (χ0v) is 13.4. The third-order valence-electron chi connectivity index (χ3n) is 3.32. The molecule has 1 aliphatic rings. The highest BCUT2D eigenvalue weighted by molar-refractivity contribution is 6.39. The van der Waals surface area contributed by atoms with Crippen molar-refractivity contribution < 1.29 is 9.47 Å². The first-order valence-corrected chi connectivity index (χ1v) is 7.56. The first-order chi connectivity index (χ1) is 9.46. The maximum absolute atomic E-state index is 7.58. The van der Waals surface area contributed by atoms with Crippen LogP contribution in [0.3, 0.4) is 0 Å². The van der Waals surface area contributed by atoms with Crippen LogP contribution in [0, 0.1) is 5.41 Å². The van der Waals surface area contributed by atoms with Crippen LogP contribution in [0.5, 0.6) is 0 Å². The van der Waals surface area contributed by atoms with Crippen LogP contribution in [0.2, 0.25) is 15.1 Å². The van der Waals surface area contributed by atoms with Gasteiger partial charge in [0.05, 0.1) is 18.9 Å². The third-order valence-corrected chi connectivity index (χ3v) is 4.21. The first-order valence-electron chi connectivity index (χ1n) is 6.42. The van der Waals surface area contributed by atoms with Crippen molar-refractivity contribution in [3.05, 3.63) is 32.8 Å². The molecule has 1 heterocycles. The molecule has 1 saturated heterocycles. The zero-order valence-electron chi connectivity index (χ0n) is 11.1. The lowest BCUT2D eigenvalue weighted by molar-refractivity contribution is -0.248. The lowest BCUT2D eigenvalue weighted by Gasteiger charge is -2.37. The SMILES string of the molecule is CC1CCOC(C=N)(CCc2c(Cl)cc(Cl)cc2Cl)O1. The van der Waals surface area contributed by atoms with Gasteiger partial charge in [-0.2, -0.15) is 0 Å². The number of halogens is 3. The molecule has 0 aliphatic carbocycles. The fraction of sp³-hybridized carbons (Fsp3) is 0.500. The summed E-state index contributed by atoms with van der Waals surface area (Å²) >= 11 is 18.2. The summed E-state index contributed by atoms with van der Waals surface area (Å²) in [6.07, 6.45) is 3.15. The first kappa shape index (κ1) is 16.1. The minimum Gasteiger partial charge on any atom is -0.345 e. The highest BCUT2D eigenvalue weighted by Crippen LogP contribution is 2.33. The van der Waals surface area contributed by atoms with E-state index in [2.05, 4.69) is 0 Å². The van der Waals surface area contributed by atoms with E-state index in [0.717, 1.165) is 12.0 Å². The van der Waals surface area contributed by atoms with E-state index in [0.29, 0.717) is 34.5 Å². The normalized spacial score (nSPS) is 26.5. The Labute approximate surface area is 133 Å². The summed E-state index contributed by atoms with van der Waals surface area (Å²) < 4.78 is 11.4. The van der Waals surface area contributed by atoms with Gasteiger partial charge in [-0.15, -0.1) is 0 Å². The molecule has 0 bridgehead atoms. The van der Waals surface area contributed by atoms with Crippen LogP contribution < -0.4 is 0 Å². The monoisotopic (exact) mass is 335 g/mol. The Hall–Kier alpha value is -0.320. The van der Waals surface area contributed by atoms with E-state index in [1.54, 1.807) is 12.1 Å². The smallest absolute Gasteiger partial charge is 0.205 e. The second-order valence-corrected chi connectivity index (χ2v) is 6.12. The molecule has 2 unspecified atom stereocenters. The Morgan fingerprint density at radius 2 is 2.00 bits per heavy atom. The summed E-state index contributed by atoms with van der Waals surface area (Å²) in [5, 5.41) is 9.12. The topological polar surface area (TPSA) is 42.3 Å². The molecule has 0 spiro atoms. The van der Waals surface area contributed by atoms with Crippen molar-refractivity contribution in [3.8, 4) is 0 Å². The average Bonchev–Trinajstić information content (AvgIpc) is 2.37. The van der Waals surface area contributed by atoms with Gasteiger partial charge in [-0.3, -0.25) is 0 Å². The van der Waals surface area contributed by atoms with Crippen LogP contribution in [0.4, 0.5) is 0 Å². The largest absolute Gasteiger partial charge is 0.345 e. The highest BCUT2D eigenvalue weighted by atomic mass is 35.5.